The lowest BCUT2D eigenvalue weighted by Gasteiger charge is -2.33. The molecule has 1 heterocycles. The molecule has 144 valence electrons. The molecule has 5 N–H and O–H groups in total. The second-order valence-electron chi connectivity index (χ2n) is 8.86. The van der Waals surface area contributed by atoms with Crippen LogP contribution in [0.4, 0.5) is 0 Å². The van der Waals surface area contributed by atoms with Crippen molar-refractivity contribution in [1.29, 1.82) is 0 Å². The average molecular weight is 352 g/mol. The van der Waals surface area contributed by atoms with E-state index in [9.17, 15) is 25.5 Å². The molecule has 24 heavy (non-hydrogen) atoms. The van der Waals surface area contributed by atoms with Crippen molar-refractivity contribution < 1.29 is 39.7 Å². The van der Waals surface area contributed by atoms with Gasteiger partial charge in [0, 0.05) is 0 Å². The van der Waals surface area contributed by atoms with Crippen LogP contribution in [0.25, 0.3) is 0 Å². The zero-order valence-electron chi connectivity index (χ0n) is 15.3. The molecule has 0 aromatic rings. The van der Waals surface area contributed by atoms with Crippen molar-refractivity contribution >= 4 is 0 Å². The molecule has 1 saturated heterocycles. The molecule has 0 aromatic heterocycles. The molecular weight excluding hydrogens is 320 g/mol. The minimum atomic E-state index is -3.11. The molecule has 0 saturated carbocycles. The number of ether oxygens (including phenoxy) is 3. The second kappa shape index (κ2) is 7.13. The molecular formula is C16H32O8. The molecule has 1 aliphatic heterocycles. The molecule has 3 atom stereocenters. The maximum absolute atomic E-state index is 10.1. The van der Waals surface area contributed by atoms with Crippen LogP contribution in [-0.2, 0) is 14.2 Å². The van der Waals surface area contributed by atoms with Gasteiger partial charge >= 0.3 is 0 Å². The van der Waals surface area contributed by atoms with Gasteiger partial charge in [0.25, 0.3) is 11.6 Å². The Morgan fingerprint density at radius 2 is 1.42 bits per heavy atom. The standard InChI is InChI=1S/C16H32O8/c1-13(2,3)8-22-7-10(17)11-15(18,19)16(20,21)12(24-11)23-9-14(4,5)6/h10-12,17-21H,7-9H2,1-6H3/t10?,11-,12+/m1/s1. The number of hydrogen-bond donors (Lipinski definition) is 5. The topological polar surface area (TPSA) is 129 Å². The van der Waals surface area contributed by atoms with E-state index < -0.39 is 30.1 Å². The summed E-state index contributed by atoms with van der Waals surface area (Å²) >= 11 is 0. The summed E-state index contributed by atoms with van der Waals surface area (Å²) < 4.78 is 15.8. The van der Waals surface area contributed by atoms with Gasteiger partial charge in [0.05, 0.1) is 19.8 Å². The van der Waals surface area contributed by atoms with Crippen molar-refractivity contribution in [2.45, 2.75) is 71.6 Å². The third-order valence-electron chi connectivity index (χ3n) is 3.38. The predicted octanol–water partition coefficient (Wildman–Crippen LogP) is -0.441. The highest BCUT2D eigenvalue weighted by Crippen LogP contribution is 2.39. The maximum Gasteiger partial charge on any atom is 0.274 e. The van der Waals surface area contributed by atoms with Crippen LogP contribution < -0.4 is 0 Å². The molecule has 1 aliphatic rings. The van der Waals surface area contributed by atoms with Crippen LogP contribution in [0.2, 0.25) is 0 Å². The third-order valence-corrected chi connectivity index (χ3v) is 3.38. The molecule has 8 heteroatoms. The van der Waals surface area contributed by atoms with Gasteiger partial charge in [-0.15, -0.1) is 0 Å². The lowest BCUT2D eigenvalue weighted by atomic mass is 9.97. The van der Waals surface area contributed by atoms with Gasteiger partial charge in [0.15, 0.2) is 0 Å². The summed E-state index contributed by atoms with van der Waals surface area (Å²) in [5.74, 6) is -6.20. The van der Waals surface area contributed by atoms with E-state index in [-0.39, 0.29) is 24.0 Å². The van der Waals surface area contributed by atoms with Crippen LogP contribution in [0.1, 0.15) is 41.5 Å². The van der Waals surface area contributed by atoms with Crippen molar-refractivity contribution in [2.24, 2.45) is 10.8 Å². The van der Waals surface area contributed by atoms with Crippen molar-refractivity contribution in [2.75, 3.05) is 19.8 Å². The summed E-state index contributed by atoms with van der Waals surface area (Å²) in [5.41, 5.74) is -0.443. The first-order valence-corrected chi connectivity index (χ1v) is 8.00. The van der Waals surface area contributed by atoms with Crippen LogP contribution in [0.15, 0.2) is 0 Å². The van der Waals surface area contributed by atoms with Gasteiger partial charge in [-0.05, 0) is 10.8 Å². The number of rotatable bonds is 6. The highest BCUT2D eigenvalue weighted by Gasteiger charge is 2.68. The molecule has 0 amide bonds. The quantitative estimate of drug-likeness (QED) is 0.407. The van der Waals surface area contributed by atoms with Crippen LogP contribution in [-0.4, -0.2) is 75.4 Å². The van der Waals surface area contributed by atoms with Crippen LogP contribution >= 0.6 is 0 Å². The summed E-state index contributed by atoms with van der Waals surface area (Å²) in [4.78, 5) is 0. The minimum Gasteiger partial charge on any atom is -0.388 e. The van der Waals surface area contributed by atoms with E-state index in [2.05, 4.69) is 0 Å². The molecule has 0 aromatic carbocycles. The SMILES string of the molecule is CC(C)(C)COCC(O)[C@H]1O[C@H](OCC(C)(C)C)C(O)(O)C1(O)O. The van der Waals surface area contributed by atoms with Gasteiger partial charge in [-0.3, -0.25) is 0 Å². The highest BCUT2D eigenvalue weighted by molar-refractivity contribution is 5.01. The Kier molecular flexibility index (Phi) is 6.45. The van der Waals surface area contributed by atoms with Gasteiger partial charge in [-0.1, -0.05) is 41.5 Å². The van der Waals surface area contributed by atoms with Crippen molar-refractivity contribution in [1.82, 2.24) is 0 Å². The molecule has 1 fully saturated rings. The van der Waals surface area contributed by atoms with Gasteiger partial charge in [0.1, 0.15) is 12.2 Å². The molecule has 1 rings (SSSR count). The fourth-order valence-corrected chi connectivity index (χ4v) is 2.12. The first-order chi connectivity index (χ1) is 10.6. The average Bonchev–Trinajstić information content (AvgIpc) is 2.51. The maximum atomic E-state index is 10.1. The lowest BCUT2D eigenvalue weighted by Crippen LogP contribution is -2.62. The third kappa shape index (κ3) is 5.34. The number of aliphatic hydroxyl groups excluding tert-OH is 1. The smallest absolute Gasteiger partial charge is 0.274 e. The molecule has 0 aliphatic carbocycles. The first kappa shape index (κ1) is 21.7. The Balaban J connectivity index is 2.74. The van der Waals surface area contributed by atoms with Gasteiger partial charge < -0.3 is 39.7 Å². The Morgan fingerprint density at radius 3 is 1.88 bits per heavy atom. The Hall–Kier alpha value is -0.320. The van der Waals surface area contributed by atoms with Crippen molar-refractivity contribution in [3.8, 4) is 0 Å². The zero-order chi connectivity index (χ0) is 19.0. The number of hydrogen-bond acceptors (Lipinski definition) is 8. The largest absolute Gasteiger partial charge is 0.388 e. The Morgan fingerprint density at radius 1 is 0.917 bits per heavy atom. The fourth-order valence-electron chi connectivity index (χ4n) is 2.12. The molecule has 0 radical (unpaired) electrons. The summed E-state index contributed by atoms with van der Waals surface area (Å²) in [5, 5.41) is 50.2. The van der Waals surface area contributed by atoms with Gasteiger partial charge in [-0.25, -0.2) is 0 Å². The molecule has 8 nitrogen and oxygen atoms in total. The lowest BCUT2D eigenvalue weighted by molar-refractivity contribution is -0.373. The van der Waals surface area contributed by atoms with Gasteiger partial charge in [0.2, 0.25) is 6.29 Å². The van der Waals surface area contributed by atoms with E-state index in [0.29, 0.717) is 6.61 Å². The summed E-state index contributed by atoms with van der Waals surface area (Å²) in [6, 6.07) is 0. The summed E-state index contributed by atoms with van der Waals surface area (Å²) in [6.07, 6.45) is -4.89. The van der Waals surface area contributed by atoms with E-state index in [1.807, 2.05) is 41.5 Å². The van der Waals surface area contributed by atoms with E-state index in [1.54, 1.807) is 0 Å². The number of aliphatic hydroxyl groups is 5. The van der Waals surface area contributed by atoms with Crippen LogP contribution in [0.3, 0.4) is 0 Å². The molecule has 0 spiro atoms. The van der Waals surface area contributed by atoms with E-state index >= 15 is 0 Å². The second-order valence-corrected chi connectivity index (χ2v) is 8.86. The van der Waals surface area contributed by atoms with E-state index in [1.165, 1.54) is 0 Å². The zero-order valence-corrected chi connectivity index (χ0v) is 15.3. The summed E-state index contributed by atoms with van der Waals surface area (Å²) in [7, 11) is 0. The molecule has 1 unspecified atom stereocenters. The summed E-state index contributed by atoms with van der Waals surface area (Å²) in [6.45, 7) is 11.5. The van der Waals surface area contributed by atoms with Crippen molar-refractivity contribution in [3.05, 3.63) is 0 Å². The highest BCUT2D eigenvalue weighted by atomic mass is 16.8. The Labute approximate surface area is 143 Å². The van der Waals surface area contributed by atoms with Crippen LogP contribution in [0, 0.1) is 10.8 Å². The van der Waals surface area contributed by atoms with Crippen molar-refractivity contribution in [3.63, 3.8) is 0 Å². The Bertz CT molecular complexity index is 407. The van der Waals surface area contributed by atoms with E-state index in [0.717, 1.165) is 0 Å². The minimum absolute atomic E-state index is 0.0833. The van der Waals surface area contributed by atoms with Crippen LogP contribution in [0.5, 0.6) is 0 Å². The first-order valence-electron chi connectivity index (χ1n) is 8.00. The van der Waals surface area contributed by atoms with Gasteiger partial charge in [-0.2, -0.15) is 0 Å². The molecule has 0 bridgehead atoms. The predicted molar refractivity (Wildman–Crippen MR) is 84.7 cm³/mol. The normalized spacial score (nSPS) is 28.1. The van der Waals surface area contributed by atoms with E-state index in [4.69, 9.17) is 14.2 Å². The fraction of sp³-hybridized carbons (Fsp3) is 1.00. The monoisotopic (exact) mass is 352 g/mol.